The molecule has 4 atom stereocenters. The van der Waals surface area contributed by atoms with Crippen LogP contribution in [0, 0.1) is 40.7 Å². The molecule has 0 unspecified atom stereocenters. The first-order valence-corrected chi connectivity index (χ1v) is 12.9. The molecule has 3 amide bonds. The van der Waals surface area contributed by atoms with Crippen molar-refractivity contribution in [3.63, 3.8) is 0 Å². The molecule has 204 valence electrons. The first kappa shape index (κ1) is 26.3. The van der Waals surface area contributed by atoms with Gasteiger partial charge in [-0.05, 0) is 61.9 Å². The lowest BCUT2D eigenvalue weighted by Gasteiger charge is -2.25. The topological polar surface area (TPSA) is 136 Å². The highest BCUT2D eigenvalue weighted by Crippen LogP contribution is 2.43. The van der Waals surface area contributed by atoms with Gasteiger partial charge in [0.05, 0.1) is 47.2 Å². The van der Waals surface area contributed by atoms with Gasteiger partial charge in [0, 0.05) is 19.0 Å². The molecule has 0 bridgehead atoms. The van der Waals surface area contributed by atoms with Crippen LogP contribution < -0.4 is 19.3 Å². The van der Waals surface area contributed by atoms with Crippen LogP contribution in [0.15, 0.2) is 36.4 Å². The minimum Gasteiger partial charge on any atom is -0.494 e. The summed E-state index contributed by atoms with van der Waals surface area (Å²) in [5, 5.41) is 11.1. The van der Waals surface area contributed by atoms with Crippen LogP contribution in [-0.4, -0.2) is 42.3 Å². The van der Waals surface area contributed by atoms with E-state index in [1.807, 2.05) is 0 Å². The number of anilines is 2. The molecule has 39 heavy (non-hydrogen) atoms. The zero-order valence-corrected chi connectivity index (χ0v) is 21.9. The molecule has 1 aliphatic carbocycles. The molecule has 3 aliphatic rings. The third kappa shape index (κ3) is 4.73. The van der Waals surface area contributed by atoms with Crippen LogP contribution in [0.4, 0.5) is 17.1 Å². The number of aryl methyl sites for hydroxylation is 1. The monoisotopic (exact) mass is 535 g/mol. The van der Waals surface area contributed by atoms with Gasteiger partial charge in [-0.3, -0.25) is 29.3 Å². The quantitative estimate of drug-likeness (QED) is 0.179. The smallest absolute Gasteiger partial charge is 0.316 e. The Morgan fingerprint density at radius 3 is 2.44 bits per heavy atom. The van der Waals surface area contributed by atoms with Crippen LogP contribution in [0.1, 0.15) is 38.2 Å². The zero-order valence-electron chi connectivity index (χ0n) is 21.9. The highest BCUT2D eigenvalue weighted by Gasteiger charge is 2.50. The SMILES string of the molecule is COc1cc([N+](=O)[O-])ccc1N1C[C@H](C(=O)Oc2ccc(N3C(=O)[C@H]4C[C@H](C)CC[C@H]4C3=O)c(C)c2)CC1=O. The minimum atomic E-state index is -0.760. The number of nitro groups is 1. The Labute approximate surface area is 224 Å². The maximum atomic E-state index is 13.1. The van der Waals surface area contributed by atoms with Crippen LogP contribution in [-0.2, 0) is 19.2 Å². The number of fused-ring (bicyclic) bond motifs is 1. The Kier molecular flexibility index (Phi) is 6.83. The number of imide groups is 1. The lowest BCUT2D eigenvalue weighted by atomic mass is 9.76. The van der Waals surface area contributed by atoms with E-state index < -0.39 is 16.8 Å². The van der Waals surface area contributed by atoms with Gasteiger partial charge in [0.1, 0.15) is 11.5 Å². The van der Waals surface area contributed by atoms with Gasteiger partial charge in [-0.1, -0.05) is 6.92 Å². The molecule has 5 rings (SSSR count). The number of esters is 1. The third-order valence-electron chi connectivity index (χ3n) is 7.94. The average Bonchev–Trinajstić information content (AvgIpc) is 3.40. The van der Waals surface area contributed by atoms with Crippen LogP contribution >= 0.6 is 0 Å². The summed E-state index contributed by atoms with van der Waals surface area (Å²) in [5.74, 6) is -1.80. The standard InChI is InChI=1S/C28H29N3O8/c1-15-4-7-20-21(10-15)27(34)30(26(20)33)22-9-6-19(11-16(22)2)39-28(35)17-12-25(32)29(14-17)23-8-5-18(31(36)37)13-24(23)38-3/h5-6,8-9,11,13,15,17,20-21H,4,7,10,12,14H2,1-3H3/t15-,17-,20-,21+/m1/s1. The molecule has 2 aliphatic heterocycles. The van der Waals surface area contributed by atoms with Crippen molar-refractivity contribution < 1.29 is 33.6 Å². The number of nitro benzene ring substituents is 1. The van der Waals surface area contributed by atoms with E-state index in [0.717, 1.165) is 6.42 Å². The number of non-ortho nitro benzene ring substituents is 1. The van der Waals surface area contributed by atoms with Gasteiger partial charge in [0.15, 0.2) is 0 Å². The molecular formula is C28H29N3O8. The van der Waals surface area contributed by atoms with E-state index >= 15 is 0 Å². The number of benzene rings is 2. The average molecular weight is 536 g/mol. The second kappa shape index (κ2) is 10.1. The zero-order chi connectivity index (χ0) is 28.0. The summed E-state index contributed by atoms with van der Waals surface area (Å²) in [5.41, 5.74) is 1.26. The van der Waals surface area contributed by atoms with Crippen molar-refractivity contribution >= 4 is 40.8 Å². The van der Waals surface area contributed by atoms with Crippen molar-refractivity contribution in [2.45, 2.75) is 39.5 Å². The fourth-order valence-electron chi connectivity index (χ4n) is 5.87. The van der Waals surface area contributed by atoms with E-state index in [-0.39, 0.29) is 59.7 Å². The number of rotatable bonds is 6. The predicted molar refractivity (Wildman–Crippen MR) is 139 cm³/mol. The largest absolute Gasteiger partial charge is 0.494 e. The number of carbonyl (C=O) groups is 4. The Balaban J connectivity index is 1.28. The maximum absolute atomic E-state index is 13.1. The van der Waals surface area contributed by atoms with E-state index in [0.29, 0.717) is 35.7 Å². The van der Waals surface area contributed by atoms with E-state index in [1.54, 1.807) is 25.1 Å². The summed E-state index contributed by atoms with van der Waals surface area (Å²) < 4.78 is 10.8. The third-order valence-corrected chi connectivity index (χ3v) is 7.94. The number of carbonyl (C=O) groups excluding carboxylic acids is 4. The maximum Gasteiger partial charge on any atom is 0.316 e. The van der Waals surface area contributed by atoms with Crippen molar-refractivity contribution in [1.29, 1.82) is 0 Å². The fourth-order valence-corrected chi connectivity index (χ4v) is 5.87. The van der Waals surface area contributed by atoms with Crippen molar-refractivity contribution in [2.24, 2.45) is 23.7 Å². The van der Waals surface area contributed by atoms with Gasteiger partial charge in [-0.15, -0.1) is 0 Å². The molecule has 0 N–H and O–H groups in total. The van der Waals surface area contributed by atoms with Gasteiger partial charge < -0.3 is 14.4 Å². The van der Waals surface area contributed by atoms with Gasteiger partial charge >= 0.3 is 5.97 Å². The van der Waals surface area contributed by atoms with Crippen molar-refractivity contribution in [3.8, 4) is 11.5 Å². The summed E-state index contributed by atoms with van der Waals surface area (Å²) in [6.07, 6.45) is 2.27. The number of ether oxygens (including phenoxy) is 2. The normalized spacial score (nSPS) is 24.6. The van der Waals surface area contributed by atoms with E-state index in [9.17, 15) is 29.3 Å². The highest BCUT2D eigenvalue weighted by molar-refractivity contribution is 6.22. The Morgan fingerprint density at radius 1 is 1.03 bits per heavy atom. The number of hydrogen-bond acceptors (Lipinski definition) is 8. The highest BCUT2D eigenvalue weighted by atomic mass is 16.6. The molecule has 2 saturated heterocycles. The molecule has 3 fully saturated rings. The summed E-state index contributed by atoms with van der Waals surface area (Å²) in [6, 6.07) is 8.67. The first-order chi connectivity index (χ1) is 18.6. The number of hydrogen-bond donors (Lipinski definition) is 0. The lowest BCUT2D eigenvalue weighted by molar-refractivity contribution is -0.384. The molecule has 11 nitrogen and oxygen atoms in total. The van der Waals surface area contributed by atoms with Crippen LogP contribution in [0.3, 0.4) is 0 Å². The molecule has 0 spiro atoms. The molecule has 2 heterocycles. The van der Waals surface area contributed by atoms with Crippen molar-refractivity contribution in [2.75, 3.05) is 23.5 Å². The second-order valence-electron chi connectivity index (χ2n) is 10.5. The van der Waals surface area contributed by atoms with E-state index in [4.69, 9.17) is 9.47 Å². The number of amides is 3. The number of methoxy groups -OCH3 is 1. The van der Waals surface area contributed by atoms with Crippen LogP contribution in [0.2, 0.25) is 0 Å². The van der Waals surface area contributed by atoms with Crippen molar-refractivity contribution in [3.05, 3.63) is 52.1 Å². The molecular weight excluding hydrogens is 506 g/mol. The summed E-state index contributed by atoms with van der Waals surface area (Å²) >= 11 is 0. The summed E-state index contributed by atoms with van der Waals surface area (Å²) in [4.78, 5) is 65.0. The molecule has 0 aromatic heterocycles. The molecule has 2 aromatic carbocycles. The molecule has 2 aromatic rings. The fraction of sp³-hybridized carbons (Fsp3) is 0.429. The van der Waals surface area contributed by atoms with Gasteiger partial charge in [-0.2, -0.15) is 0 Å². The molecule has 11 heteroatoms. The molecule has 0 radical (unpaired) electrons. The van der Waals surface area contributed by atoms with Crippen LogP contribution in [0.25, 0.3) is 0 Å². The van der Waals surface area contributed by atoms with Gasteiger partial charge in [0.2, 0.25) is 17.7 Å². The summed E-state index contributed by atoms with van der Waals surface area (Å²) in [7, 11) is 1.35. The van der Waals surface area contributed by atoms with Crippen molar-refractivity contribution in [1.82, 2.24) is 0 Å². The van der Waals surface area contributed by atoms with Crippen LogP contribution in [0.5, 0.6) is 11.5 Å². The summed E-state index contributed by atoms with van der Waals surface area (Å²) in [6.45, 7) is 3.88. The lowest BCUT2D eigenvalue weighted by Crippen LogP contribution is -2.31. The van der Waals surface area contributed by atoms with E-state index in [2.05, 4.69) is 6.92 Å². The number of nitrogens with zero attached hydrogens (tertiary/aromatic N) is 3. The van der Waals surface area contributed by atoms with E-state index in [1.165, 1.54) is 35.1 Å². The Hall–Kier alpha value is -4.28. The van der Waals surface area contributed by atoms with Gasteiger partial charge in [0.25, 0.3) is 5.69 Å². The Morgan fingerprint density at radius 2 is 1.74 bits per heavy atom. The predicted octanol–water partition coefficient (Wildman–Crippen LogP) is 3.80. The molecule has 1 saturated carbocycles. The Bertz CT molecular complexity index is 1390. The van der Waals surface area contributed by atoms with Gasteiger partial charge in [-0.25, -0.2) is 4.90 Å². The minimum absolute atomic E-state index is 0.0287. The first-order valence-electron chi connectivity index (χ1n) is 12.9. The second-order valence-corrected chi connectivity index (χ2v) is 10.5.